The molecule has 1 N–H and O–H groups in total. The van der Waals surface area contributed by atoms with Gasteiger partial charge >= 0.3 is 0 Å². The number of likely N-dealkylation sites (tertiary alicyclic amines) is 1. The van der Waals surface area contributed by atoms with Crippen molar-refractivity contribution in [3.05, 3.63) is 0 Å². The van der Waals surface area contributed by atoms with E-state index in [1.807, 2.05) is 0 Å². The monoisotopic (exact) mass is 226 g/mol. The van der Waals surface area contributed by atoms with E-state index < -0.39 is 0 Å². The zero-order valence-corrected chi connectivity index (χ0v) is 11.5. The molecule has 0 saturated carbocycles. The Bertz CT molecular complexity index is 170. The molecule has 1 aliphatic heterocycles. The summed E-state index contributed by atoms with van der Waals surface area (Å²) in [5, 5.41) is 3.52. The van der Waals surface area contributed by atoms with Crippen LogP contribution < -0.4 is 5.32 Å². The van der Waals surface area contributed by atoms with E-state index in [9.17, 15) is 0 Å². The minimum Gasteiger partial charge on any atom is -0.316 e. The van der Waals surface area contributed by atoms with Crippen molar-refractivity contribution in [1.29, 1.82) is 0 Å². The third-order valence-electron chi connectivity index (χ3n) is 3.56. The van der Waals surface area contributed by atoms with Gasteiger partial charge in [-0.1, -0.05) is 27.2 Å². The maximum atomic E-state index is 3.52. The highest BCUT2D eigenvalue weighted by atomic mass is 15.1. The molecule has 0 spiro atoms. The summed E-state index contributed by atoms with van der Waals surface area (Å²) in [5.41, 5.74) is 0. The maximum Gasteiger partial charge on any atom is 0.00193 e. The van der Waals surface area contributed by atoms with Crippen molar-refractivity contribution < 1.29 is 0 Å². The average Bonchev–Trinajstić information content (AvgIpc) is 2.66. The molecule has 0 aliphatic carbocycles. The van der Waals surface area contributed by atoms with E-state index in [-0.39, 0.29) is 0 Å². The fraction of sp³-hybridized carbons (Fsp3) is 1.00. The van der Waals surface area contributed by atoms with E-state index in [4.69, 9.17) is 0 Å². The Kier molecular flexibility index (Phi) is 7.06. The molecule has 2 unspecified atom stereocenters. The van der Waals surface area contributed by atoms with Gasteiger partial charge in [0, 0.05) is 13.1 Å². The van der Waals surface area contributed by atoms with Gasteiger partial charge in [-0.2, -0.15) is 0 Å². The van der Waals surface area contributed by atoms with Crippen LogP contribution in [0.5, 0.6) is 0 Å². The Labute approximate surface area is 102 Å². The van der Waals surface area contributed by atoms with E-state index in [2.05, 4.69) is 31.0 Å². The zero-order valence-electron chi connectivity index (χ0n) is 11.5. The highest BCUT2D eigenvalue weighted by Crippen LogP contribution is 2.21. The van der Waals surface area contributed by atoms with Crippen LogP contribution in [0.3, 0.4) is 0 Å². The largest absolute Gasteiger partial charge is 0.316 e. The van der Waals surface area contributed by atoms with Gasteiger partial charge in [-0.05, 0) is 50.7 Å². The number of hydrogen-bond acceptors (Lipinski definition) is 2. The van der Waals surface area contributed by atoms with Gasteiger partial charge in [-0.25, -0.2) is 0 Å². The normalized spacial score (nSPS) is 23.8. The van der Waals surface area contributed by atoms with Gasteiger partial charge in [0.1, 0.15) is 0 Å². The third kappa shape index (κ3) is 5.31. The van der Waals surface area contributed by atoms with Crippen LogP contribution in [-0.4, -0.2) is 37.6 Å². The molecule has 0 amide bonds. The molecule has 1 heterocycles. The summed E-state index contributed by atoms with van der Waals surface area (Å²) in [4.78, 5) is 2.67. The van der Waals surface area contributed by atoms with Crippen LogP contribution in [0, 0.1) is 11.8 Å². The average molecular weight is 226 g/mol. The van der Waals surface area contributed by atoms with Crippen molar-refractivity contribution in [3.8, 4) is 0 Å². The Morgan fingerprint density at radius 2 is 2.12 bits per heavy atom. The summed E-state index contributed by atoms with van der Waals surface area (Å²) in [6.45, 7) is 13.2. The third-order valence-corrected chi connectivity index (χ3v) is 3.56. The molecule has 0 aromatic rings. The van der Waals surface area contributed by atoms with Crippen LogP contribution >= 0.6 is 0 Å². The molecule has 1 saturated heterocycles. The summed E-state index contributed by atoms with van der Waals surface area (Å²) in [6.07, 6.45) is 5.46. The van der Waals surface area contributed by atoms with Gasteiger partial charge in [0.2, 0.25) is 0 Å². The van der Waals surface area contributed by atoms with Crippen molar-refractivity contribution >= 4 is 0 Å². The predicted octanol–water partition coefficient (Wildman–Crippen LogP) is 2.74. The Morgan fingerprint density at radius 1 is 1.31 bits per heavy atom. The second-order valence-electron chi connectivity index (χ2n) is 5.51. The lowest BCUT2D eigenvalue weighted by atomic mass is 10.0. The van der Waals surface area contributed by atoms with Crippen LogP contribution in [0.15, 0.2) is 0 Å². The van der Waals surface area contributed by atoms with Crippen LogP contribution in [0.1, 0.15) is 46.5 Å². The standard InChI is InChI=1S/C14H30N2/c1-4-6-14-7-9-16(12-14)11-13(3)10-15-8-5-2/h13-15H,4-12H2,1-3H3. The summed E-state index contributed by atoms with van der Waals surface area (Å²) >= 11 is 0. The van der Waals surface area contributed by atoms with Gasteiger partial charge in [-0.3, -0.25) is 0 Å². The van der Waals surface area contributed by atoms with E-state index in [1.165, 1.54) is 58.4 Å². The molecule has 0 radical (unpaired) electrons. The first-order valence-electron chi connectivity index (χ1n) is 7.19. The Morgan fingerprint density at radius 3 is 2.81 bits per heavy atom. The molecule has 2 heteroatoms. The van der Waals surface area contributed by atoms with Crippen LogP contribution in [0.4, 0.5) is 0 Å². The number of nitrogens with zero attached hydrogens (tertiary/aromatic N) is 1. The highest BCUT2D eigenvalue weighted by molar-refractivity contribution is 4.76. The lowest BCUT2D eigenvalue weighted by Crippen LogP contribution is -2.32. The minimum atomic E-state index is 0.798. The zero-order chi connectivity index (χ0) is 11.8. The lowest BCUT2D eigenvalue weighted by Gasteiger charge is -2.21. The molecule has 0 aromatic heterocycles. The van der Waals surface area contributed by atoms with Crippen LogP contribution in [0.25, 0.3) is 0 Å². The molecule has 96 valence electrons. The molecule has 16 heavy (non-hydrogen) atoms. The lowest BCUT2D eigenvalue weighted by molar-refractivity contribution is 0.271. The smallest absolute Gasteiger partial charge is 0.00193 e. The first kappa shape index (κ1) is 14.0. The minimum absolute atomic E-state index is 0.798. The van der Waals surface area contributed by atoms with Gasteiger partial charge in [0.05, 0.1) is 0 Å². The number of rotatable bonds is 8. The number of hydrogen-bond donors (Lipinski definition) is 1. The molecular formula is C14H30N2. The first-order valence-corrected chi connectivity index (χ1v) is 7.19. The van der Waals surface area contributed by atoms with Crippen molar-refractivity contribution in [3.63, 3.8) is 0 Å². The molecule has 2 atom stereocenters. The Hall–Kier alpha value is -0.0800. The quantitative estimate of drug-likeness (QED) is 0.640. The summed E-state index contributed by atoms with van der Waals surface area (Å²) < 4.78 is 0. The molecule has 1 rings (SSSR count). The summed E-state index contributed by atoms with van der Waals surface area (Å²) in [7, 11) is 0. The fourth-order valence-corrected chi connectivity index (χ4v) is 2.75. The van der Waals surface area contributed by atoms with E-state index >= 15 is 0 Å². The predicted molar refractivity (Wildman–Crippen MR) is 71.8 cm³/mol. The van der Waals surface area contributed by atoms with Gasteiger partial charge in [0.15, 0.2) is 0 Å². The first-order chi connectivity index (χ1) is 7.76. The fourth-order valence-electron chi connectivity index (χ4n) is 2.75. The SMILES string of the molecule is CCCNCC(C)CN1CCC(CCC)C1. The van der Waals surface area contributed by atoms with Crippen molar-refractivity contribution in [2.75, 3.05) is 32.7 Å². The second kappa shape index (κ2) is 8.08. The molecule has 0 bridgehead atoms. The van der Waals surface area contributed by atoms with E-state index in [0.29, 0.717) is 0 Å². The van der Waals surface area contributed by atoms with Crippen molar-refractivity contribution in [1.82, 2.24) is 10.2 Å². The summed E-state index contributed by atoms with van der Waals surface area (Å²) in [5.74, 6) is 1.78. The van der Waals surface area contributed by atoms with Crippen molar-refractivity contribution in [2.45, 2.75) is 46.5 Å². The Balaban J connectivity index is 2.08. The molecule has 2 nitrogen and oxygen atoms in total. The van der Waals surface area contributed by atoms with Gasteiger partial charge in [-0.15, -0.1) is 0 Å². The van der Waals surface area contributed by atoms with Crippen LogP contribution in [-0.2, 0) is 0 Å². The van der Waals surface area contributed by atoms with Crippen molar-refractivity contribution in [2.24, 2.45) is 11.8 Å². The van der Waals surface area contributed by atoms with Crippen LogP contribution in [0.2, 0.25) is 0 Å². The van der Waals surface area contributed by atoms with Gasteiger partial charge in [0.25, 0.3) is 0 Å². The van der Waals surface area contributed by atoms with E-state index in [1.54, 1.807) is 0 Å². The second-order valence-corrected chi connectivity index (χ2v) is 5.51. The maximum absolute atomic E-state index is 3.52. The number of nitrogens with one attached hydrogen (secondary N) is 1. The molecule has 1 fully saturated rings. The topological polar surface area (TPSA) is 15.3 Å². The van der Waals surface area contributed by atoms with E-state index in [0.717, 1.165) is 11.8 Å². The molecular weight excluding hydrogens is 196 g/mol. The summed E-state index contributed by atoms with van der Waals surface area (Å²) in [6, 6.07) is 0. The highest BCUT2D eigenvalue weighted by Gasteiger charge is 2.22. The van der Waals surface area contributed by atoms with Gasteiger partial charge < -0.3 is 10.2 Å². The molecule has 1 aliphatic rings. The molecule has 0 aromatic carbocycles.